The van der Waals surface area contributed by atoms with Crippen LogP contribution in [0.25, 0.3) is 0 Å². The molecule has 84 valence electrons. The van der Waals surface area contributed by atoms with Crippen LogP contribution in [0.2, 0.25) is 0 Å². The Balaban J connectivity index is 2.08. The fraction of sp³-hybridized carbons (Fsp3) is 0.300. The van der Waals surface area contributed by atoms with E-state index >= 15 is 0 Å². The van der Waals surface area contributed by atoms with Crippen molar-refractivity contribution in [1.82, 2.24) is 10.3 Å². The largest absolute Gasteiger partial charge is 0.361 e. The van der Waals surface area contributed by atoms with Crippen LogP contribution in [0, 0.1) is 6.92 Å². The van der Waals surface area contributed by atoms with E-state index in [0.29, 0.717) is 23.8 Å². The Labute approximate surface area is 91.6 Å². The first-order valence-electron chi connectivity index (χ1n) is 4.89. The number of rotatable bonds is 3. The van der Waals surface area contributed by atoms with Gasteiger partial charge in [0.25, 0.3) is 5.91 Å². The van der Waals surface area contributed by atoms with Gasteiger partial charge in [0.15, 0.2) is 11.5 Å². The number of nitrogens with zero attached hydrogens (tertiary/aromatic N) is 2. The number of carbonyl (C=O) groups is 1. The fourth-order valence-electron chi connectivity index (χ4n) is 1.19. The standard InChI is InChI=1S/C10H11N3O3/c1-3-7-5-8(12-16-7)10(14)11-9-4-6(2)15-13-9/h4-5H,3H2,1-2H3,(H,11,13,14). The molecule has 0 spiro atoms. The zero-order valence-corrected chi connectivity index (χ0v) is 8.98. The Hall–Kier alpha value is -2.11. The maximum atomic E-state index is 11.6. The molecule has 0 aromatic carbocycles. The van der Waals surface area contributed by atoms with Gasteiger partial charge in [-0.15, -0.1) is 0 Å². The lowest BCUT2D eigenvalue weighted by molar-refractivity contribution is 0.101. The third-order valence-electron chi connectivity index (χ3n) is 2.01. The third kappa shape index (κ3) is 2.10. The molecule has 0 aliphatic rings. The van der Waals surface area contributed by atoms with Crippen LogP contribution in [0.15, 0.2) is 21.2 Å². The maximum absolute atomic E-state index is 11.6. The van der Waals surface area contributed by atoms with E-state index in [2.05, 4.69) is 15.6 Å². The molecule has 2 aromatic rings. The number of aryl methyl sites for hydroxylation is 2. The Morgan fingerprint density at radius 2 is 2.19 bits per heavy atom. The van der Waals surface area contributed by atoms with Gasteiger partial charge in [-0.25, -0.2) is 0 Å². The van der Waals surface area contributed by atoms with E-state index in [-0.39, 0.29) is 11.6 Å². The topological polar surface area (TPSA) is 81.2 Å². The summed E-state index contributed by atoms with van der Waals surface area (Å²) in [7, 11) is 0. The molecule has 0 atom stereocenters. The van der Waals surface area contributed by atoms with Gasteiger partial charge in [0, 0.05) is 18.6 Å². The van der Waals surface area contributed by atoms with Crippen molar-refractivity contribution in [2.75, 3.05) is 5.32 Å². The van der Waals surface area contributed by atoms with Crippen molar-refractivity contribution in [3.05, 3.63) is 29.3 Å². The van der Waals surface area contributed by atoms with Crippen LogP contribution in [0.5, 0.6) is 0 Å². The lowest BCUT2D eigenvalue weighted by Gasteiger charge is -1.94. The van der Waals surface area contributed by atoms with Crippen LogP contribution in [0.3, 0.4) is 0 Å². The quantitative estimate of drug-likeness (QED) is 0.854. The SMILES string of the molecule is CCc1cc(C(=O)Nc2cc(C)on2)no1. The van der Waals surface area contributed by atoms with E-state index in [1.165, 1.54) is 0 Å². The average molecular weight is 221 g/mol. The van der Waals surface area contributed by atoms with Gasteiger partial charge >= 0.3 is 0 Å². The Morgan fingerprint density at radius 3 is 2.75 bits per heavy atom. The summed E-state index contributed by atoms with van der Waals surface area (Å²) in [6, 6.07) is 3.22. The minimum Gasteiger partial charge on any atom is -0.361 e. The van der Waals surface area contributed by atoms with Crippen LogP contribution >= 0.6 is 0 Å². The zero-order valence-electron chi connectivity index (χ0n) is 8.98. The fourth-order valence-corrected chi connectivity index (χ4v) is 1.19. The van der Waals surface area contributed by atoms with E-state index in [4.69, 9.17) is 9.05 Å². The number of anilines is 1. The van der Waals surface area contributed by atoms with Gasteiger partial charge < -0.3 is 14.4 Å². The summed E-state index contributed by atoms with van der Waals surface area (Å²) in [6.07, 6.45) is 0.698. The first kappa shape index (κ1) is 10.4. The molecule has 16 heavy (non-hydrogen) atoms. The van der Waals surface area contributed by atoms with E-state index in [1.807, 2.05) is 6.92 Å². The second-order valence-electron chi connectivity index (χ2n) is 3.31. The molecule has 0 saturated heterocycles. The van der Waals surface area contributed by atoms with Crippen LogP contribution < -0.4 is 5.32 Å². The molecule has 0 saturated carbocycles. The number of hydrogen-bond donors (Lipinski definition) is 1. The minimum absolute atomic E-state index is 0.234. The van der Waals surface area contributed by atoms with Crippen molar-refractivity contribution in [3.63, 3.8) is 0 Å². The highest BCUT2D eigenvalue weighted by molar-refractivity contribution is 6.02. The van der Waals surface area contributed by atoms with Gasteiger partial charge in [-0.3, -0.25) is 4.79 Å². The lowest BCUT2D eigenvalue weighted by atomic mass is 10.3. The summed E-state index contributed by atoms with van der Waals surface area (Å²) < 4.78 is 9.74. The summed E-state index contributed by atoms with van der Waals surface area (Å²) in [4.78, 5) is 11.6. The van der Waals surface area contributed by atoms with Crippen molar-refractivity contribution >= 4 is 11.7 Å². The van der Waals surface area contributed by atoms with Gasteiger partial charge in [-0.2, -0.15) is 0 Å². The van der Waals surface area contributed by atoms with E-state index in [9.17, 15) is 4.79 Å². The van der Waals surface area contributed by atoms with Gasteiger partial charge in [-0.05, 0) is 6.92 Å². The maximum Gasteiger partial charge on any atom is 0.279 e. The Bertz CT molecular complexity index is 501. The molecule has 2 heterocycles. The summed E-state index contributed by atoms with van der Waals surface area (Å²) in [6.45, 7) is 3.66. The molecule has 2 aromatic heterocycles. The molecule has 2 rings (SSSR count). The van der Waals surface area contributed by atoms with E-state index in [1.54, 1.807) is 19.1 Å². The number of hydrogen-bond acceptors (Lipinski definition) is 5. The van der Waals surface area contributed by atoms with Crippen molar-refractivity contribution in [3.8, 4) is 0 Å². The lowest BCUT2D eigenvalue weighted by Crippen LogP contribution is -2.12. The summed E-state index contributed by atoms with van der Waals surface area (Å²) in [5.74, 6) is 1.30. The van der Waals surface area contributed by atoms with Gasteiger partial charge in [0.2, 0.25) is 0 Å². The highest BCUT2D eigenvalue weighted by Crippen LogP contribution is 2.10. The Kier molecular flexibility index (Phi) is 2.72. The van der Waals surface area contributed by atoms with Gasteiger partial charge in [-0.1, -0.05) is 17.2 Å². The summed E-state index contributed by atoms with van der Waals surface area (Å²) >= 11 is 0. The first-order valence-corrected chi connectivity index (χ1v) is 4.89. The van der Waals surface area contributed by atoms with Crippen LogP contribution in [0.4, 0.5) is 5.82 Å². The molecule has 1 amide bonds. The highest BCUT2D eigenvalue weighted by atomic mass is 16.5. The number of aromatic nitrogens is 2. The average Bonchev–Trinajstić information content (AvgIpc) is 2.87. The predicted octanol–water partition coefficient (Wildman–Crippen LogP) is 1.79. The molecule has 6 heteroatoms. The Morgan fingerprint density at radius 1 is 1.38 bits per heavy atom. The molecular formula is C10H11N3O3. The molecule has 1 N–H and O–H groups in total. The van der Waals surface area contributed by atoms with Crippen molar-refractivity contribution in [2.24, 2.45) is 0 Å². The molecule has 6 nitrogen and oxygen atoms in total. The second-order valence-corrected chi connectivity index (χ2v) is 3.31. The minimum atomic E-state index is -0.364. The molecule has 0 aliphatic heterocycles. The molecule has 0 aliphatic carbocycles. The number of carbonyl (C=O) groups excluding carboxylic acids is 1. The van der Waals surface area contributed by atoms with Gasteiger partial charge in [0.05, 0.1) is 0 Å². The smallest absolute Gasteiger partial charge is 0.279 e. The molecule has 0 bridgehead atoms. The number of nitrogens with one attached hydrogen (secondary N) is 1. The zero-order chi connectivity index (χ0) is 11.5. The van der Waals surface area contributed by atoms with E-state index < -0.39 is 0 Å². The van der Waals surface area contributed by atoms with E-state index in [0.717, 1.165) is 0 Å². The van der Waals surface area contributed by atoms with Crippen LogP contribution in [0.1, 0.15) is 28.9 Å². The number of amides is 1. The summed E-state index contributed by atoms with van der Waals surface area (Å²) in [5.41, 5.74) is 0.234. The van der Waals surface area contributed by atoms with Crippen LogP contribution in [-0.4, -0.2) is 16.2 Å². The monoisotopic (exact) mass is 221 g/mol. The molecule has 0 unspecified atom stereocenters. The van der Waals surface area contributed by atoms with Crippen molar-refractivity contribution in [1.29, 1.82) is 0 Å². The second kappa shape index (κ2) is 4.18. The van der Waals surface area contributed by atoms with Gasteiger partial charge in [0.1, 0.15) is 11.5 Å². The molecule has 0 fully saturated rings. The normalized spacial score (nSPS) is 10.4. The summed E-state index contributed by atoms with van der Waals surface area (Å²) in [5, 5.41) is 9.84. The van der Waals surface area contributed by atoms with Crippen LogP contribution in [-0.2, 0) is 6.42 Å². The highest BCUT2D eigenvalue weighted by Gasteiger charge is 2.13. The predicted molar refractivity (Wildman–Crippen MR) is 55.1 cm³/mol. The van der Waals surface area contributed by atoms with Crippen molar-refractivity contribution < 1.29 is 13.8 Å². The third-order valence-corrected chi connectivity index (χ3v) is 2.01. The first-order chi connectivity index (χ1) is 7.69. The molecule has 0 radical (unpaired) electrons. The molecular weight excluding hydrogens is 210 g/mol. The van der Waals surface area contributed by atoms with Crippen molar-refractivity contribution in [2.45, 2.75) is 20.3 Å².